The monoisotopic (exact) mass is 474 g/mol. The molecule has 170 valence electrons. The van der Waals surface area contributed by atoms with Crippen LogP contribution in [0.3, 0.4) is 0 Å². The lowest BCUT2D eigenvalue weighted by Gasteiger charge is -2.23. The lowest BCUT2D eigenvalue weighted by atomic mass is 9.96. The molecular formula is C30H23ClN4. The largest absolute Gasteiger partial charge is 0.257 e. The van der Waals surface area contributed by atoms with Crippen molar-refractivity contribution in [3.05, 3.63) is 138 Å². The van der Waals surface area contributed by atoms with Crippen LogP contribution >= 0.6 is 11.6 Å². The molecule has 0 amide bonds. The average molecular weight is 475 g/mol. The fourth-order valence-corrected chi connectivity index (χ4v) is 4.68. The second-order valence-corrected chi connectivity index (χ2v) is 8.97. The van der Waals surface area contributed by atoms with Gasteiger partial charge in [0.1, 0.15) is 0 Å². The van der Waals surface area contributed by atoms with E-state index in [1.54, 1.807) is 0 Å². The highest BCUT2D eigenvalue weighted by atomic mass is 35.5. The molecule has 1 aliphatic rings. The van der Waals surface area contributed by atoms with E-state index in [-0.39, 0.29) is 6.04 Å². The van der Waals surface area contributed by atoms with Crippen LogP contribution in [0.1, 0.15) is 23.6 Å². The van der Waals surface area contributed by atoms with Gasteiger partial charge in [0, 0.05) is 28.8 Å². The predicted molar refractivity (Wildman–Crippen MR) is 143 cm³/mol. The van der Waals surface area contributed by atoms with Crippen molar-refractivity contribution in [3.8, 4) is 16.9 Å². The predicted octanol–water partition coefficient (Wildman–Crippen LogP) is 7.55. The van der Waals surface area contributed by atoms with Crippen molar-refractivity contribution in [2.24, 2.45) is 5.10 Å². The number of hydrogen-bond donors (Lipinski definition) is 0. The summed E-state index contributed by atoms with van der Waals surface area (Å²) in [6.07, 6.45) is 2.91. The van der Waals surface area contributed by atoms with E-state index in [2.05, 4.69) is 59.7 Å². The highest BCUT2D eigenvalue weighted by Crippen LogP contribution is 2.40. The van der Waals surface area contributed by atoms with Crippen molar-refractivity contribution in [1.29, 1.82) is 0 Å². The van der Waals surface area contributed by atoms with Crippen molar-refractivity contribution >= 4 is 23.0 Å². The van der Waals surface area contributed by atoms with Gasteiger partial charge < -0.3 is 0 Å². The topological polar surface area (TPSA) is 33.4 Å². The lowest BCUT2D eigenvalue weighted by Crippen LogP contribution is -2.18. The smallest absolute Gasteiger partial charge is 0.0981 e. The fourth-order valence-electron chi connectivity index (χ4n) is 4.55. The molecule has 0 radical (unpaired) electrons. The molecule has 0 N–H and O–H groups in total. The van der Waals surface area contributed by atoms with E-state index in [9.17, 15) is 0 Å². The summed E-state index contributed by atoms with van der Waals surface area (Å²) in [6.45, 7) is 0. The zero-order chi connectivity index (χ0) is 23.6. The minimum Gasteiger partial charge on any atom is -0.257 e. The Morgan fingerprint density at radius 1 is 0.657 bits per heavy atom. The second-order valence-electron chi connectivity index (χ2n) is 8.53. The van der Waals surface area contributed by atoms with E-state index < -0.39 is 0 Å². The first-order valence-electron chi connectivity index (χ1n) is 11.6. The maximum atomic E-state index is 6.16. The van der Waals surface area contributed by atoms with Gasteiger partial charge in [-0.25, -0.2) is 4.68 Å². The summed E-state index contributed by atoms with van der Waals surface area (Å²) in [4.78, 5) is 0. The van der Waals surface area contributed by atoms with Crippen molar-refractivity contribution in [2.75, 3.05) is 5.01 Å². The van der Waals surface area contributed by atoms with Gasteiger partial charge in [-0.15, -0.1) is 0 Å². The van der Waals surface area contributed by atoms with E-state index in [1.807, 2.05) is 71.4 Å². The number of anilines is 1. The SMILES string of the molecule is Clc1ccc(C2=NN(c3ccccc3)[C@H](c3cn(-c4ccccc4)nc3-c3ccccc3)C2)cc1. The molecule has 1 aliphatic heterocycles. The van der Waals surface area contributed by atoms with Gasteiger partial charge in [-0.2, -0.15) is 10.2 Å². The summed E-state index contributed by atoms with van der Waals surface area (Å²) in [5, 5.41) is 13.0. The quantitative estimate of drug-likeness (QED) is 0.263. The third-order valence-corrected chi connectivity index (χ3v) is 6.53. The highest BCUT2D eigenvalue weighted by molar-refractivity contribution is 6.30. The van der Waals surface area contributed by atoms with Gasteiger partial charge in [0.05, 0.1) is 28.8 Å². The van der Waals surface area contributed by atoms with Gasteiger partial charge in [0.2, 0.25) is 0 Å². The molecule has 4 nitrogen and oxygen atoms in total. The minimum absolute atomic E-state index is 0.00394. The standard InChI is InChI=1S/C30H23ClN4/c31-24-18-16-22(17-19-24)28-20-29(35(32-28)26-14-8-3-9-15-26)27-21-34(25-12-6-2-7-13-25)33-30(27)23-10-4-1-5-11-23/h1-19,21,29H,20H2/t29-/m0/s1. The number of hydrazone groups is 1. The Morgan fingerprint density at radius 3 is 1.91 bits per heavy atom. The molecule has 5 aromatic rings. The van der Waals surface area contributed by atoms with Crippen LogP contribution in [0.15, 0.2) is 127 Å². The summed E-state index contributed by atoms with van der Waals surface area (Å²) in [6, 6.07) is 38.9. The van der Waals surface area contributed by atoms with Gasteiger partial charge in [0.25, 0.3) is 0 Å². The van der Waals surface area contributed by atoms with Crippen LogP contribution in [0.4, 0.5) is 5.69 Å². The molecule has 1 atom stereocenters. The lowest BCUT2D eigenvalue weighted by molar-refractivity contribution is 0.709. The molecular weight excluding hydrogens is 452 g/mol. The Balaban J connectivity index is 1.49. The molecule has 0 saturated heterocycles. The molecule has 0 aliphatic carbocycles. The van der Waals surface area contributed by atoms with Gasteiger partial charge in [-0.3, -0.25) is 5.01 Å². The van der Waals surface area contributed by atoms with Crippen LogP contribution in [-0.2, 0) is 0 Å². The second kappa shape index (κ2) is 9.24. The van der Waals surface area contributed by atoms with Gasteiger partial charge in [-0.1, -0.05) is 90.5 Å². The fraction of sp³-hybridized carbons (Fsp3) is 0.0667. The first-order valence-corrected chi connectivity index (χ1v) is 12.0. The van der Waals surface area contributed by atoms with Crippen LogP contribution < -0.4 is 5.01 Å². The Kier molecular flexibility index (Phi) is 5.65. The van der Waals surface area contributed by atoms with Crippen LogP contribution in [0.2, 0.25) is 5.02 Å². The van der Waals surface area contributed by atoms with Crippen LogP contribution in [0, 0.1) is 0 Å². The normalized spacial score (nSPS) is 15.3. The van der Waals surface area contributed by atoms with Crippen LogP contribution in [-0.4, -0.2) is 15.5 Å². The molecule has 35 heavy (non-hydrogen) atoms. The van der Waals surface area contributed by atoms with E-state index >= 15 is 0 Å². The molecule has 0 unspecified atom stereocenters. The van der Waals surface area contributed by atoms with Gasteiger partial charge >= 0.3 is 0 Å². The first-order chi connectivity index (χ1) is 17.3. The molecule has 0 fully saturated rings. The number of aromatic nitrogens is 2. The van der Waals surface area contributed by atoms with Crippen LogP contribution in [0.5, 0.6) is 0 Å². The van der Waals surface area contributed by atoms with Crippen molar-refractivity contribution < 1.29 is 0 Å². The summed E-state index contributed by atoms with van der Waals surface area (Å²) in [5.41, 5.74) is 7.37. The number of halogens is 1. The van der Waals surface area contributed by atoms with E-state index in [4.69, 9.17) is 21.8 Å². The van der Waals surface area contributed by atoms with E-state index in [1.165, 1.54) is 0 Å². The molecule has 5 heteroatoms. The maximum Gasteiger partial charge on any atom is 0.0981 e. The minimum atomic E-state index is -0.00394. The summed E-state index contributed by atoms with van der Waals surface area (Å²) < 4.78 is 1.97. The Labute approximate surface area is 209 Å². The van der Waals surface area contributed by atoms with Crippen molar-refractivity contribution in [1.82, 2.24) is 9.78 Å². The van der Waals surface area contributed by atoms with Gasteiger partial charge in [0.15, 0.2) is 0 Å². The Morgan fingerprint density at radius 2 is 1.26 bits per heavy atom. The van der Waals surface area contributed by atoms with E-state index in [0.29, 0.717) is 0 Å². The zero-order valence-electron chi connectivity index (χ0n) is 19.0. The third-order valence-electron chi connectivity index (χ3n) is 6.28. The maximum absolute atomic E-state index is 6.16. The average Bonchev–Trinajstić information content (AvgIpc) is 3.56. The number of rotatable bonds is 5. The molecule has 6 rings (SSSR count). The highest BCUT2D eigenvalue weighted by Gasteiger charge is 2.33. The number of para-hydroxylation sites is 2. The summed E-state index contributed by atoms with van der Waals surface area (Å²) in [5.74, 6) is 0. The van der Waals surface area contributed by atoms with Crippen LogP contribution in [0.25, 0.3) is 16.9 Å². The van der Waals surface area contributed by atoms with Gasteiger partial charge in [-0.05, 0) is 42.0 Å². The molecule has 4 aromatic carbocycles. The summed E-state index contributed by atoms with van der Waals surface area (Å²) >= 11 is 6.16. The first kappa shape index (κ1) is 21.4. The zero-order valence-corrected chi connectivity index (χ0v) is 19.8. The Hall–Kier alpha value is -4.15. The van der Waals surface area contributed by atoms with Crippen molar-refractivity contribution in [2.45, 2.75) is 12.5 Å². The molecule has 0 spiro atoms. The van der Waals surface area contributed by atoms with E-state index in [0.717, 1.165) is 50.9 Å². The number of hydrogen-bond acceptors (Lipinski definition) is 3. The Bertz CT molecular complexity index is 1460. The molecule has 1 aromatic heterocycles. The molecule has 0 saturated carbocycles. The molecule has 2 heterocycles. The number of benzene rings is 4. The van der Waals surface area contributed by atoms with Crippen molar-refractivity contribution in [3.63, 3.8) is 0 Å². The summed E-state index contributed by atoms with van der Waals surface area (Å²) in [7, 11) is 0. The third kappa shape index (κ3) is 4.25. The molecule has 0 bridgehead atoms. The number of nitrogens with zero attached hydrogens (tertiary/aromatic N) is 4.